The second-order valence-corrected chi connectivity index (χ2v) is 5.45. The molecule has 1 rings (SSSR count). The average Bonchev–Trinajstić information content (AvgIpc) is 2.86. The molecule has 0 amide bonds. The van der Waals surface area contributed by atoms with Crippen LogP contribution in [-0.2, 0) is 0 Å². The molecule has 1 saturated heterocycles. The largest absolute Gasteiger partial charge is 0.357 e. The molecular weight excluding hydrogens is 242 g/mol. The smallest absolute Gasteiger partial charge is 0.166 e. The van der Waals surface area contributed by atoms with Gasteiger partial charge in [-0.3, -0.25) is 0 Å². The zero-order valence-corrected chi connectivity index (χ0v) is 12.7. The van der Waals surface area contributed by atoms with E-state index < -0.39 is 0 Å². The molecule has 0 aliphatic carbocycles. The molecule has 0 saturated carbocycles. The molecule has 1 fully saturated rings. The van der Waals surface area contributed by atoms with Crippen LogP contribution in [0.25, 0.3) is 0 Å². The Morgan fingerprint density at radius 2 is 1.94 bits per heavy atom. The van der Waals surface area contributed by atoms with Gasteiger partial charge in [0.2, 0.25) is 0 Å². The lowest BCUT2D eigenvalue weighted by molar-refractivity contribution is 0.419. The molecule has 0 radical (unpaired) electrons. The van der Waals surface area contributed by atoms with Crippen molar-refractivity contribution in [2.75, 3.05) is 32.4 Å². The molecule has 0 atom stereocenters. The van der Waals surface area contributed by atoms with Crippen molar-refractivity contribution in [1.82, 2.24) is 9.80 Å². The summed E-state index contributed by atoms with van der Waals surface area (Å²) in [4.78, 5) is 9.21. The van der Waals surface area contributed by atoms with Gasteiger partial charge in [0, 0.05) is 26.2 Å². The first-order chi connectivity index (χ1) is 8.58. The van der Waals surface area contributed by atoms with Crippen LogP contribution in [0.2, 0.25) is 0 Å². The Morgan fingerprint density at radius 3 is 2.39 bits per heavy atom. The Balaban J connectivity index is 2.72. The lowest BCUT2D eigenvalue weighted by atomic mass is 10.3. The highest BCUT2D eigenvalue weighted by molar-refractivity contribution is 8.13. The summed E-state index contributed by atoms with van der Waals surface area (Å²) in [6, 6.07) is 0. The van der Waals surface area contributed by atoms with Crippen molar-refractivity contribution in [2.24, 2.45) is 4.99 Å². The van der Waals surface area contributed by atoms with E-state index in [4.69, 9.17) is 4.99 Å². The lowest BCUT2D eigenvalue weighted by Gasteiger charge is -2.25. The molecule has 0 aromatic rings. The molecular formula is C14H25N3S. The highest BCUT2D eigenvalue weighted by atomic mass is 32.2. The van der Waals surface area contributed by atoms with Crippen LogP contribution in [0.15, 0.2) is 29.5 Å². The van der Waals surface area contributed by atoms with Crippen molar-refractivity contribution < 1.29 is 0 Å². The number of aliphatic imine (C=N–C) groups is 1. The molecule has 0 aromatic heterocycles. The van der Waals surface area contributed by atoms with E-state index in [1.54, 1.807) is 11.8 Å². The van der Waals surface area contributed by atoms with Crippen molar-refractivity contribution in [3.8, 4) is 0 Å². The first-order valence-corrected chi connectivity index (χ1v) is 7.76. The second-order valence-electron chi connectivity index (χ2n) is 4.68. The van der Waals surface area contributed by atoms with Gasteiger partial charge >= 0.3 is 0 Å². The molecule has 0 aromatic carbocycles. The number of likely N-dealkylation sites (tertiary alicyclic amines) is 1. The normalized spacial score (nSPS) is 15.9. The molecule has 102 valence electrons. The van der Waals surface area contributed by atoms with Crippen LogP contribution in [0.3, 0.4) is 0 Å². The van der Waals surface area contributed by atoms with Crippen molar-refractivity contribution in [3.05, 3.63) is 24.6 Å². The van der Waals surface area contributed by atoms with Gasteiger partial charge in [-0.2, -0.15) is 0 Å². The molecule has 0 bridgehead atoms. The van der Waals surface area contributed by atoms with Gasteiger partial charge in [0.05, 0.1) is 0 Å². The molecule has 4 heteroatoms. The van der Waals surface area contributed by atoms with E-state index in [1.165, 1.54) is 12.8 Å². The van der Waals surface area contributed by atoms with Gasteiger partial charge in [-0.05, 0) is 32.9 Å². The van der Waals surface area contributed by atoms with Gasteiger partial charge in [0.25, 0.3) is 0 Å². The summed E-state index contributed by atoms with van der Waals surface area (Å²) in [6.07, 6.45) is 4.58. The minimum absolute atomic E-state index is 0.865. The van der Waals surface area contributed by atoms with Crippen LogP contribution in [-0.4, -0.2) is 47.4 Å². The van der Waals surface area contributed by atoms with Crippen LogP contribution in [0, 0.1) is 0 Å². The maximum atomic E-state index is 4.70. The molecule has 3 nitrogen and oxygen atoms in total. The van der Waals surface area contributed by atoms with E-state index in [0.29, 0.717) is 0 Å². The van der Waals surface area contributed by atoms with Crippen LogP contribution in [0.1, 0.15) is 26.7 Å². The zero-order chi connectivity index (χ0) is 13.5. The van der Waals surface area contributed by atoms with E-state index in [-0.39, 0.29) is 0 Å². The van der Waals surface area contributed by atoms with Crippen molar-refractivity contribution in [1.29, 1.82) is 0 Å². The minimum Gasteiger partial charge on any atom is -0.357 e. The van der Waals surface area contributed by atoms with Crippen LogP contribution < -0.4 is 0 Å². The zero-order valence-electron chi connectivity index (χ0n) is 11.9. The number of thioether (sulfide) groups is 1. The summed E-state index contributed by atoms with van der Waals surface area (Å²) >= 11 is 1.68. The number of hydrogen-bond donors (Lipinski definition) is 0. The molecule has 18 heavy (non-hydrogen) atoms. The van der Waals surface area contributed by atoms with Crippen LogP contribution >= 0.6 is 11.8 Å². The maximum absolute atomic E-state index is 4.70. The fourth-order valence-electron chi connectivity index (χ4n) is 2.04. The number of nitrogens with zero attached hydrogens (tertiary/aromatic N) is 3. The van der Waals surface area contributed by atoms with Gasteiger partial charge in [0.15, 0.2) is 5.17 Å². The monoisotopic (exact) mass is 267 g/mol. The summed E-state index contributed by atoms with van der Waals surface area (Å²) in [7, 11) is 0. The molecule has 1 aliphatic rings. The lowest BCUT2D eigenvalue weighted by Crippen LogP contribution is -2.31. The molecule has 0 spiro atoms. The van der Waals surface area contributed by atoms with Gasteiger partial charge in [-0.15, -0.1) is 0 Å². The molecule has 1 aliphatic heterocycles. The standard InChI is InChI=1S/C14H25N3S/c1-6-16(11-12(2)3)14(18-5)15-13(4)17-9-7-8-10-17/h2,4,6-11H2,1,3,5H3. The fraction of sp³-hybridized carbons (Fsp3) is 0.643. The predicted octanol–water partition coefficient (Wildman–Crippen LogP) is 3.17. The van der Waals surface area contributed by atoms with E-state index >= 15 is 0 Å². The summed E-state index contributed by atoms with van der Waals surface area (Å²) in [5.74, 6) is 0.900. The summed E-state index contributed by atoms with van der Waals surface area (Å²) in [6.45, 7) is 16.3. The Morgan fingerprint density at radius 1 is 1.33 bits per heavy atom. The quantitative estimate of drug-likeness (QED) is 0.433. The topological polar surface area (TPSA) is 18.8 Å². The summed E-state index contributed by atoms with van der Waals surface area (Å²) in [5, 5.41) is 1.04. The van der Waals surface area contributed by atoms with Gasteiger partial charge < -0.3 is 9.80 Å². The number of hydrogen-bond acceptors (Lipinski definition) is 3. The third-order valence-electron chi connectivity index (χ3n) is 2.99. The van der Waals surface area contributed by atoms with Crippen molar-refractivity contribution in [2.45, 2.75) is 26.7 Å². The third-order valence-corrected chi connectivity index (χ3v) is 3.71. The third kappa shape index (κ3) is 4.41. The molecule has 1 heterocycles. The van der Waals surface area contributed by atoms with Crippen LogP contribution in [0.5, 0.6) is 0 Å². The average molecular weight is 267 g/mol. The Kier molecular flexibility index (Phi) is 6.33. The number of rotatable bonds is 5. The van der Waals surface area contributed by atoms with E-state index in [9.17, 15) is 0 Å². The Labute approximate surface area is 116 Å². The van der Waals surface area contributed by atoms with Crippen molar-refractivity contribution >= 4 is 16.9 Å². The summed E-state index contributed by atoms with van der Waals surface area (Å²) in [5.41, 5.74) is 1.16. The molecule has 0 N–H and O–H groups in total. The second kappa shape index (κ2) is 7.52. The van der Waals surface area contributed by atoms with E-state index in [0.717, 1.165) is 42.7 Å². The number of amidine groups is 1. The predicted molar refractivity (Wildman–Crippen MR) is 83.0 cm³/mol. The van der Waals surface area contributed by atoms with Crippen LogP contribution in [0.4, 0.5) is 0 Å². The highest BCUT2D eigenvalue weighted by Crippen LogP contribution is 2.17. The van der Waals surface area contributed by atoms with E-state index in [2.05, 4.69) is 43.1 Å². The van der Waals surface area contributed by atoms with E-state index in [1.807, 2.05) is 0 Å². The maximum Gasteiger partial charge on any atom is 0.166 e. The van der Waals surface area contributed by atoms with Gasteiger partial charge in [0.1, 0.15) is 5.82 Å². The highest BCUT2D eigenvalue weighted by Gasteiger charge is 2.15. The Bertz CT molecular complexity index is 330. The van der Waals surface area contributed by atoms with Crippen molar-refractivity contribution in [3.63, 3.8) is 0 Å². The first kappa shape index (κ1) is 15.2. The van der Waals surface area contributed by atoms with Gasteiger partial charge in [-0.25, -0.2) is 4.99 Å². The minimum atomic E-state index is 0.865. The summed E-state index contributed by atoms with van der Waals surface area (Å²) < 4.78 is 0. The molecule has 0 unspecified atom stereocenters. The SMILES string of the molecule is C=C(C)CN(CC)C(=NC(=C)N1CCCC1)SC. The van der Waals surface area contributed by atoms with Gasteiger partial charge in [-0.1, -0.05) is 30.5 Å². The number of likely N-dealkylation sites (N-methyl/N-ethyl adjacent to an activating group) is 1. The fourth-order valence-corrected chi connectivity index (χ4v) is 2.69. The Hall–Kier alpha value is -0.900. The first-order valence-electron chi connectivity index (χ1n) is 6.54.